The van der Waals surface area contributed by atoms with Crippen molar-refractivity contribution in [2.45, 2.75) is 6.42 Å². The highest BCUT2D eigenvalue weighted by Crippen LogP contribution is 2.27. The molecule has 1 saturated heterocycles. The fourth-order valence-corrected chi connectivity index (χ4v) is 4.72. The van der Waals surface area contributed by atoms with E-state index >= 15 is 0 Å². The second-order valence-corrected chi connectivity index (χ2v) is 8.08. The van der Waals surface area contributed by atoms with Crippen molar-refractivity contribution in [2.24, 2.45) is 0 Å². The van der Waals surface area contributed by atoms with Gasteiger partial charge in [0.25, 0.3) is 5.91 Å². The zero-order valence-electron chi connectivity index (χ0n) is 16.5. The normalized spacial score (nSPS) is 14.4. The van der Waals surface area contributed by atoms with Gasteiger partial charge in [0, 0.05) is 42.6 Å². The summed E-state index contributed by atoms with van der Waals surface area (Å²) < 4.78 is 1.21. The molecule has 0 aliphatic carbocycles. The average molecular weight is 422 g/mol. The standard InChI is InChI=1S/C23H23N3O3S/c27-22(24-29)10-9-17-5-1-3-7-20(17)25-11-13-26(14-12-25)23(28)15-18-16-30-21-8-4-2-6-19(18)21/h1-10,16,29H,11-15H2,(H,24,27). The summed E-state index contributed by atoms with van der Waals surface area (Å²) in [5.74, 6) is -0.410. The Morgan fingerprint density at radius 2 is 1.77 bits per heavy atom. The predicted molar refractivity (Wildman–Crippen MR) is 120 cm³/mol. The van der Waals surface area contributed by atoms with Crippen molar-refractivity contribution < 1.29 is 14.8 Å². The minimum atomic E-state index is -0.568. The first-order valence-corrected chi connectivity index (χ1v) is 10.7. The second kappa shape index (κ2) is 9.11. The van der Waals surface area contributed by atoms with Crippen LogP contribution in [0.1, 0.15) is 11.1 Å². The van der Waals surface area contributed by atoms with Gasteiger partial charge in [-0.1, -0.05) is 36.4 Å². The molecule has 7 heteroatoms. The van der Waals surface area contributed by atoms with E-state index in [4.69, 9.17) is 5.21 Å². The summed E-state index contributed by atoms with van der Waals surface area (Å²) in [5.41, 5.74) is 4.60. The minimum absolute atomic E-state index is 0.158. The quantitative estimate of drug-likeness (QED) is 0.377. The summed E-state index contributed by atoms with van der Waals surface area (Å²) in [6.07, 6.45) is 3.41. The van der Waals surface area contributed by atoms with Gasteiger partial charge in [-0.2, -0.15) is 0 Å². The molecule has 0 radical (unpaired) electrons. The topological polar surface area (TPSA) is 72.9 Å². The highest BCUT2D eigenvalue weighted by molar-refractivity contribution is 7.17. The molecule has 0 spiro atoms. The zero-order chi connectivity index (χ0) is 20.9. The van der Waals surface area contributed by atoms with Gasteiger partial charge < -0.3 is 9.80 Å². The molecule has 6 nitrogen and oxygen atoms in total. The third kappa shape index (κ3) is 4.37. The summed E-state index contributed by atoms with van der Waals surface area (Å²) in [7, 11) is 0. The third-order valence-corrected chi connectivity index (χ3v) is 6.35. The molecule has 1 aliphatic heterocycles. The van der Waals surface area contributed by atoms with Crippen molar-refractivity contribution in [1.82, 2.24) is 10.4 Å². The average Bonchev–Trinajstić information content (AvgIpc) is 3.20. The summed E-state index contributed by atoms with van der Waals surface area (Å²) in [5, 5.41) is 11.9. The molecular formula is C23H23N3O3S. The second-order valence-electron chi connectivity index (χ2n) is 7.17. The fraction of sp³-hybridized carbons (Fsp3) is 0.217. The first-order valence-electron chi connectivity index (χ1n) is 9.84. The summed E-state index contributed by atoms with van der Waals surface area (Å²) in [4.78, 5) is 28.3. The van der Waals surface area contributed by atoms with Gasteiger partial charge in [-0.15, -0.1) is 11.3 Å². The molecule has 0 saturated carbocycles. The van der Waals surface area contributed by atoms with Crippen molar-refractivity contribution >= 4 is 45.0 Å². The maximum absolute atomic E-state index is 12.9. The molecule has 2 aromatic carbocycles. The number of anilines is 1. The molecule has 3 aromatic rings. The van der Waals surface area contributed by atoms with Crippen LogP contribution in [0.4, 0.5) is 5.69 Å². The lowest BCUT2D eigenvalue weighted by molar-refractivity contribution is -0.130. The monoisotopic (exact) mass is 421 g/mol. The molecule has 2 N–H and O–H groups in total. The van der Waals surface area contributed by atoms with Crippen LogP contribution < -0.4 is 10.4 Å². The van der Waals surface area contributed by atoms with Gasteiger partial charge in [-0.3, -0.25) is 14.8 Å². The summed E-state index contributed by atoms with van der Waals surface area (Å²) >= 11 is 1.68. The van der Waals surface area contributed by atoms with E-state index in [9.17, 15) is 9.59 Å². The lowest BCUT2D eigenvalue weighted by Gasteiger charge is -2.37. The molecule has 154 valence electrons. The first kappa shape index (κ1) is 20.1. The molecule has 0 bridgehead atoms. The number of nitrogens with zero attached hydrogens (tertiary/aromatic N) is 2. The SMILES string of the molecule is O=C(C=Cc1ccccc1N1CCN(C(=O)Cc2csc3ccccc23)CC1)NO. The third-order valence-electron chi connectivity index (χ3n) is 5.34. The van der Waals surface area contributed by atoms with E-state index < -0.39 is 5.91 Å². The number of benzene rings is 2. The largest absolute Gasteiger partial charge is 0.367 e. The molecule has 2 amide bonds. The van der Waals surface area contributed by atoms with Gasteiger partial charge >= 0.3 is 0 Å². The molecule has 0 atom stereocenters. The number of hydroxylamine groups is 1. The van der Waals surface area contributed by atoms with E-state index in [1.54, 1.807) is 22.9 Å². The number of para-hydroxylation sites is 1. The van der Waals surface area contributed by atoms with Crippen molar-refractivity contribution in [1.29, 1.82) is 0 Å². The number of thiophene rings is 1. The van der Waals surface area contributed by atoms with Crippen molar-refractivity contribution in [3.05, 3.63) is 71.1 Å². The molecule has 30 heavy (non-hydrogen) atoms. The van der Waals surface area contributed by atoms with Crippen molar-refractivity contribution in [2.75, 3.05) is 31.1 Å². The molecule has 4 rings (SSSR count). The Hall–Kier alpha value is -3.16. The molecular weight excluding hydrogens is 398 g/mol. The Kier molecular flexibility index (Phi) is 6.11. The maximum Gasteiger partial charge on any atom is 0.267 e. The van der Waals surface area contributed by atoms with E-state index in [2.05, 4.69) is 22.4 Å². The first-order chi connectivity index (χ1) is 14.7. The van der Waals surface area contributed by atoms with Crippen LogP contribution in [0.5, 0.6) is 0 Å². The van der Waals surface area contributed by atoms with Crippen LogP contribution >= 0.6 is 11.3 Å². The number of hydrogen-bond donors (Lipinski definition) is 2. The Bertz CT molecular complexity index is 1080. The smallest absolute Gasteiger partial charge is 0.267 e. The van der Waals surface area contributed by atoms with Crippen molar-refractivity contribution in [3.8, 4) is 0 Å². The van der Waals surface area contributed by atoms with E-state index in [0.29, 0.717) is 19.5 Å². The summed E-state index contributed by atoms with van der Waals surface area (Å²) in [6.45, 7) is 2.78. The minimum Gasteiger partial charge on any atom is -0.367 e. The Labute approximate surface area is 179 Å². The van der Waals surface area contributed by atoms with Crippen molar-refractivity contribution in [3.63, 3.8) is 0 Å². The Morgan fingerprint density at radius 1 is 1.03 bits per heavy atom. The van der Waals surface area contributed by atoms with Crippen LogP contribution in [0.15, 0.2) is 60.0 Å². The maximum atomic E-state index is 12.9. The van der Waals surface area contributed by atoms with Gasteiger partial charge in [0.05, 0.1) is 6.42 Å². The number of amides is 2. The molecule has 1 aromatic heterocycles. The lowest BCUT2D eigenvalue weighted by Crippen LogP contribution is -2.49. The van der Waals surface area contributed by atoms with Gasteiger partial charge in [0.15, 0.2) is 0 Å². The van der Waals surface area contributed by atoms with Gasteiger partial charge in [-0.05, 0) is 40.1 Å². The van der Waals surface area contributed by atoms with E-state index in [-0.39, 0.29) is 5.91 Å². The number of carbonyl (C=O) groups excluding carboxylic acids is 2. The molecule has 1 fully saturated rings. The predicted octanol–water partition coefficient (Wildman–Crippen LogP) is 3.31. The summed E-state index contributed by atoms with van der Waals surface area (Å²) in [6, 6.07) is 16.0. The van der Waals surface area contributed by atoms with Crippen LogP contribution in [-0.2, 0) is 16.0 Å². The molecule has 1 aliphatic rings. The van der Waals surface area contributed by atoms with Gasteiger partial charge in [-0.25, -0.2) is 5.48 Å². The van der Waals surface area contributed by atoms with Crippen LogP contribution in [0.25, 0.3) is 16.2 Å². The van der Waals surface area contributed by atoms with E-state index in [1.807, 2.05) is 41.3 Å². The van der Waals surface area contributed by atoms with Gasteiger partial charge in [0.2, 0.25) is 5.91 Å². The number of fused-ring (bicyclic) bond motifs is 1. The zero-order valence-corrected chi connectivity index (χ0v) is 17.3. The van der Waals surface area contributed by atoms with Gasteiger partial charge in [0.1, 0.15) is 0 Å². The van der Waals surface area contributed by atoms with Crippen LogP contribution in [0.3, 0.4) is 0 Å². The van der Waals surface area contributed by atoms with Crippen LogP contribution in [0.2, 0.25) is 0 Å². The van der Waals surface area contributed by atoms with E-state index in [0.717, 1.165) is 29.9 Å². The fourth-order valence-electron chi connectivity index (χ4n) is 3.76. The lowest BCUT2D eigenvalue weighted by atomic mass is 10.1. The molecule has 2 heterocycles. The number of rotatable bonds is 5. The highest BCUT2D eigenvalue weighted by atomic mass is 32.1. The Morgan fingerprint density at radius 3 is 2.57 bits per heavy atom. The number of hydrogen-bond acceptors (Lipinski definition) is 5. The van der Waals surface area contributed by atoms with Crippen LogP contribution in [-0.4, -0.2) is 48.1 Å². The van der Waals surface area contributed by atoms with Crippen LogP contribution in [0, 0.1) is 0 Å². The highest BCUT2D eigenvalue weighted by Gasteiger charge is 2.23. The number of carbonyl (C=O) groups is 2. The molecule has 0 unspecified atom stereocenters. The number of nitrogens with one attached hydrogen (secondary N) is 1. The Balaban J connectivity index is 1.40. The number of piperazine rings is 1. The van der Waals surface area contributed by atoms with E-state index in [1.165, 1.54) is 16.2 Å².